The van der Waals surface area contributed by atoms with Crippen molar-refractivity contribution in [1.82, 2.24) is 10.1 Å². The lowest BCUT2D eigenvalue weighted by atomic mass is 9.87. The van der Waals surface area contributed by atoms with E-state index in [0.717, 1.165) is 11.3 Å². The van der Waals surface area contributed by atoms with E-state index < -0.39 is 0 Å². The number of hydrogen-bond acceptors (Lipinski definition) is 4. The Hall–Kier alpha value is -2.95. The van der Waals surface area contributed by atoms with Crippen molar-refractivity contribution in [3.63, 3.8) is 0 Å². The first kappa shape index (κ1) is 20.3. The molecule has 0 aliphatic carbocycles. The van der Waals surface area contributed by atoms with Crippen molar-refractivity contribution in [1.29, 1.82) is 0 Å². The summed E-state index contributed by atoms with van der Waals surface area (Å²) in [6.45, 7) is 11.4. The van der Waals surface area contributed by atoms with Crippen LogP contribution in [0.4, 0.5) is 5.69 Å². The zero-order chi connectivity index (χ0) is 21.5. The summed E-state index contributed by atoms with van der Waals surface area (Å²) in [6, 6.07) is 16.5. The zero-order valence-electron chi connectivity index (χ0n) is 18.3. The second kappa shape index (κ2) is 7.71. The average molecular weight is 404 g/mol. The highest BCUT2D eigenvalue weighted by molar-refractivity contribution is 5.96. The van der Waals surface area contributed by atoms with Gasteiger partial charge in [0.25, 0.3) is 0 Å². The predicted molar refractivity (Wildman–Crippen MR) is 119 cm³/mol. The molecule has 0 N–H and O–H groups in total. The molecule has 1 aliphatic heterocycles. The first-order valence-corrected chi connectivity index (χ1v) is 10.6. The number of amides is 1. The summed E-state index contributed by atoms with van der Waals surface area (Å²) in [6.07, 6.45) is 0.385. The first-order valence-electron chi connectivity index (χ1n) is 10.6. The Bertz CT molecular complexity index is 1030. The highest BCUT2D eigenvalue weighted by Crippen LogP contribution is 2.33. The van der Waals surface area contributed by atoms with Crippen LogP contribution >= 0.6 is 0 Å². The van der Waals surface area contributed by atoms with Gasteiger partial charge in [0.05, 0.1) is 5.92 Å². The minimum Gasteiger partial charge on any atom is -0.339 e. The van der Waals surface area contributed by atoms with Crippen molar-refractivity contribution >= 4 is 11.6 Å². The second-order valence-corrected chi connectivity index (χ2v) is 9.44. The van der Waals surface area contributed by atoms with Crippen LogP contribution in [0.15, 0.2) is 53.1 Å². The molecule has 5 heteroatoms. The van der Waals surface area contributed by atoms with Crippen molar-refractivity contribution < 1.29 is 9.32 Å². The van der Waals surface area contributed by atoms with Gasteiger partial charge in [-0.15, -0.1) is 0 Å². The van der Waals surface area contributed by atoms with Gasteiger partial charge in [-0.1, -0.05) is 76.2 Å². The number of aromatic nitrogens is 2. The molecule has 0 bridgehead atoms. The summed E-state index contributed by atoms with van der Waals surface area (Å²) in [5, 5.41) is 4.16. The largest absolute Gasteiger partial charge is 0.339 e. The van der Waals surface area contributed by atoms with E-state index in [1.54, 1.807) is 0 Å². The number of hydrogen-bond donors (Lipinski definition) is 0. The van der Waals surface area contributed by atoms with Crippen molar-refractivity contribution in [2.24, 2.45) is 0 Å². The second-order valence-electron chi connectivity index (χ2n) is 9.44. The predicted octanol–water partition coefficient (Wildman–Crippen LogP) is 5.68. The molecule has 1 atom stereocenters. The van der Waals surface area contributed by atoms with Gasteiger partial charge in [0, 0.05) is 24.2 Å². The molecule has 2 aromatic carbocycles. The molecule has 2 heterocycles. The average Bonchev–Trinajstić information content (AvgIpc) is 3.34. The molecule has 1 aromatic heterocycles. The molecule has 1 aliphatic rings. The summed E-state index contributed by atoms with van der Waals surface area (Å²) in [7, 11) is 0. The molecule has 1 amide bonds. The molecule has 5 nitrogen and oxygen atoms in total. The van der Waals surface area contributed by atoms with Crippen LogP contribution < -0.4 is 4.90 Å². The lowest BCUT2D eigenvalue weighted by Crippen LogP contribution is -2.24. The Kier molecular flexibility index (Phi) is 5.22. The van der Waals surface area contributed by atoms with E-state index >= 15 is 0 Å². The number of rotatable bonds is 4. The molecule has 0 saturated carbocycles. The van der Waals surface area contributed by atoms with Crippen LogP contribution in [0.25, 0.3) is 11.4 Å². The van der Waals surface area contributed by atoms with Gasteiger partial charge in [-0.3, -0.25) is 4.79 Å². The standard InChI is InChI=1S/C25H29N3O2/c1-16(2)17-8-12-21(13-9-17)28-15-19(14-22(28)29)24-26-23(27-30-24)18-6-10-20(11-7-18)25(3,4)5/h6-13,16,19H,14-15H2,1-5H3. The molecule has 30 heavy (non-hydrogen) atoms. The number of benzene rings is 2. The maximum absolute atomic E-state index is 12.6. The molecule has 1 unspecified atom stereocenters. The van der Waals surface area contributed by atoms with Crippen LogP contribution in [0.2, 0.25) is 0 Å². The first-order chi connectivity index (χ1) is 14.2. The molecular weight excluding hydrogens is 374 g/mol. The van der Waals surface area contributed by atoms with Crippen LogP contribution in [0.3, 0.4) is 0 Å². The Balaban J connectivity index is 1.49. The molecule has 0 spiro atoms. The topological polar surface area (TPSA) is 59.2 Å². The number of carbonyl (C=O) groups excluding carboxylic acids is 1. The lowest BCUT2D eigenvalue weighted by Gasteiger charge is -2.18. The van der Waals surface area contributed by atoms with Crippen molar-refractivity contribution in [2.45, 2.75) is 58.3 Å². The third-order valence-electron chi connectivity index (χ3n) is 5.80. The summed E-state index contributed by atoms with van der Waals surface area (Å²) in [5.41, 5.74) is 4.46. The van der Waals surface area contributed by atoms with E-state index in [1.807, 2.05) is 29.2 Å². The fraction of sp³-hybridized carbons (Fsp3) is 0.400. The van der Waals surface area contributed by atoms with E-state index in [0.29, 0.717) is 30.6 Å². The van der Waals surface area contributed by atoms with Crippen LogP contribution in [-0.4, -0.2) is 22.6 Å². The normalized spacial score (nSPS) is 17.2. The smallest absolute Gasteiger partial charge is 0.232 e. The molecule has 1 fully saturated rings. The van der Waals surface area contributed by atoms with E-state index in [4.69, 9.17) is 4.52 Å². The van der Waals surface area contributed by atoms with Gasteiger partial charge >= 0.3 is 0 Å². The van der Waals surface area contributed by atoms with Crippen LogP contribution in [0.1, 0.15) is 69.9 Å². The van der Waals surface area contributed by atoms with Gasteiger partial charge in [0.2, 0.25) is 17.6 Å². The Morgan fingerprint density at radius 3 is 2.30 bits per heavy atom. The molecule has 4 rings (SSSR count). The van der Waals surface area contributed by atoms with Crippen molar-refractivity contribution in [2.75, 3.05) is 11.4 Å². The Morgan fingerprint density at radius 1 is 1.03 bits per heavy atom. The Morgan fingerprint density at radius 2 is 1.70 bits per heavy atom. The molecule has 1 saturated heterocycles. The minimum atomic E-state index is -0.0858. The highest BCUT2D eigenvalue weighted by atomic mass is 16.5. The fourth-order valence-electron chi connectivity index (χ4n) is 3.80. The molecule has 0 radical (unpaired) electrons. The van der Waals surface area contributed by atoms with E-state index in [-0.39, 0.29) is 17.2 Å². The third-order valence-corrected chi connectivity index (χ3v) is 5.80. The third kappa shape index (κ3) is 4.02. The maximum Gasteiger partial charge on any atom is 0.232 e. The van der Waals surface area contributed by atoms with E-state index in [9.17, 15) is 4.79 Å². The molecule has 3 aromatic rings. The van der Waals surface area contributed by atoms with Gasteiger partial charge in [0.1, 0.15) is 0 Å². The van der Waals surface area contributed by atoms with E-state index in [2.05, 4.69) is 69.0 Å². The molecular formula is C25H29N3O2. The van der Waals surface area contributed by atoms with Crippen LogP contribution in [-0.2, 0) is 10.2 Å². The quantitative estimate of drug-likeness (QED) is 0.562. The number of nitrogens with zero attached hydrogens (tertiary/aromatic N) is 3. The Labute approximate surface area is 178 Å². The van der Waals surface area contributed by atoms with E-state index in [1.165, 1.54) is 11.1 Å². The molecule has 156 valence electrons. The van der Waals surface area contributed by atoms with Gasteiger partial charge in [-0.05, 0) is 34.6 Å². The van der Waals surface area contributed by atoms with Gasteiger partial charge < -0.3 is 9.42 Å². The summed E-state index contributed by atoms with van der Waals surface area (Å²) >= 11 is 0. The summed E-state index contributed by atoms with van der Waals surface area (Å²) in [5.74, 6) is 1.57. The SMILES string of the molecule is CC(C)c1ccc(N2CC(c3nc(-c4ccc(C(C)(C)C)cc4)no3)CC2=O)cc1. The fourth-order valence-corrected chi connectivity index (χ4v) is 3.80. The van der Waals surface area contributed by atoms with Gasteiger partial charge in [0.15, 0.2) is 0 Å². The van der Waals surface area contributed by atoms with Crippen molar-refractivity contribution in [3.05, 3.63) is 65.5 Å². The van der Waals surface area contributed by atoms with Gasteiger partial charge in [-0.25, -0.2) is 0 Å². The monoisotopic (exact) mass is 403 g/mol. The minimum absolute atomic E-state index is 0.0858. The van der Waals surface area contributed by atoms with Gasteiger partial charge in [-0.2, -0.15) is 4.98 Å². The lowest BCUT2D eigenvalue weighted by molar-refractivity contribution is -0.117. The number of anilines is 1. The number of carbonyl (C=O) groups is 1. The van der Waals surface area contributed by atoms with Crippen LogP contribution in [0.5, 0.6) is 0 Å². The highest BCUT2D eigenvalue weighted by Gasteiger charge is 2.35. The maximum atomic E-state index is 12.6. The summed E-state index contributed by atoms with van der Waals surface area (Å²) < 4.78 is 5.54. The van der Waals surface area contributed by atoms with Crippen molar-refractivity contribution in [3.8, 4) is 11.4 Å². The zero-order valence-corrected chi connectivity index (χ0v) is 18.3. The summed E-state index contributed by atoms with van der Waals surface area (Å²) in [4.78, 5) is 19.0. The van der Waals surface area contributed by atoms with Crippen LogP contribution in [0, 0.1) is 0 Å².